The highest BCUT2D eigenvalue weighted by atomic mass is 19.1. The smallest absolute Gasteiger partial charge is 0.166 e. The summed E-state index contributed by atoms with van der Waals surface area (Å²) in [5.41, 5.74) is 13.9. The lowest BCUT2D eigenvalue weighted by molar-refractivity contribution is 0.227. The first-order chi connectivity index (χ1) is 17.3. The highest BCUT2D eigenvalue weighted by molar-refractivity contribution is 5.75. The second-order valence-corrected chi connectivity index (χ2v) is 9.94. The first-order valence-corrected chi connectivity index (χ1v) is 12.3. The van der Waals surface area contributed by atoms with Crippen molar-refractivity contribution < 1.29 is 9.13 Å². The van der Waals surface area contributed by atoms with Crippen LogP contribution in [0.5, 0.6) is 5.75 Å². The predicted molar refractivity (Wildman–Crippen MR) is 136 cm³/mol. The van der Waals surface area contributed by atoms with E-state index < -0.39 is 6.10 Å². The Morgan fingerprint density at radius 1 is 1.19 bits per heavy atom. The van der Waals surface area contributed by atoms with Crippen LogP contribution < -0.4 is 10.5 Å². The molecular formula is C27H30FN7O. The molecule has 9 heteroatoms. The monoisotopic (exact) mass is 487 g/mol. The molecule has 2 N–H and O–H groups in total. The third-order valence-electron chi connectivity index (χ3n) is 7.46. The van der Waals surface area contributed by atoms with Crippen molar-refractivity contribution >= 4 is 5.82 Å². The van der Waals surface area contributed by atoms with Gasteiger partial charge in [0.1, 0.15) is 11.9 Å². The Bertz CT molecular complexity index is 1490. The van der Waals surface area contributed by atoms with Gasteiger partial charge in [0.15, 0.2) is 11.6 Å². The second-order valence-electron chi connectivity index (χ2n) is 9.94. The first-order valence-electron chi connectivity index (χ1n) is 12.3. The van der Waals surface area contributed by atoms with E-state index in [1.54, 1.807) is 12.3 Å². The molecule has 0 saturated carbocycles. The van der Waals surface area contributed by atoms with Crippen LogP contribution in [0.3, 0.4) is 0 Å². The van der Waals surface area contributed by atoms with Crippen LogP contribution in [0, 0.1) is 5.82 Å². The minimum absolute atomic E-state index is 0.0564. The summed E-state index contributed by atoms with van der Waals surface area (Å²) < 4.78 is 24.7. The molecular weight excluding hydrogens is 457 g/mol. The predicted octanol–water partition coefficient (Wildman–Crippen LogP) is 4.68. The molecule has 0 amide bonds. The molecule has 0 fully saturated rings. The lowest BCUT2D eigenvalue weighted by Gasteiger charge is -2.23. The highest BCUT2D eigenvalue weighted by Gasteiger charge is 2.42. The molecule has 0 spiro atoms. The van der Waals surface area contributed by atoms with Crippen LogP contribution in [0.25, 0.3) is 22.5 Å². The molecule has 3 aromatic heterocycles. The summed E-state index contributed by atoms with van der Waals surface area (Å²) in [6.45, 7) is 4.71. The van der Waals surface area contributed by atoms with Crippen LogP contribution in [-0.4, -0.2) is 43.5 Å². The number of nitrogen functional groups attached to an aromatic ring is 1. The Labute approximate surface area is 209 Å². The van der Waals surface area contributed by atoms with Gasteiger partial charge in [-0.2, -0.15) is 10.2 Å². The zero-order chi connectivity index (χ0) is 25.3. The van der Waals surface area contributed by atoms with Crippen molar-refractivity contribution in [3.63, 3.8) is 0 Å². The van der Waals surface area contributed by atoms with Gasteiger partial charge in [0, 0.05) is 59.7 Å². The largest absolute Gasteiger partial charge is 0.482 e. The molecule has 1 aromatic carbocycles. The minimum Gasteiger partial charge on any atom is -0.482 e. The highest BCUT2D eigenvalue weighted by Crippen LogP contribution is 2.52. The van der Waals surface area contributed by atoms with E-state index in [9.17, 15) is 4.39 Å². The molecule has 1 aliphatic carbocycles. The van der Waals surface area contributed by atoms with Gasteiger partial charge in [0.25, 0.3) is 0 Å². The number of nitrogens with two attached hydrogens (primary N) is 1. The van der Waals surface area contributed by atoms with Crippen molar-refractivity contribution in [1.29, 1.82) is 0 Å². The quantitative estimate of drug-likeness (QED) is 0.442. The fourth-order valence-electron chi connectivity index (χ4n) is 5.80. The summed E-state index contributed by atoms with van der Waals surface area (Å²) in [5.74, 6) is 0.492. The van der Waals surface area contributed by atoms with Gasteiger partial charge in [-0.3, -0.25) is 9.36 Å². The van der Waals surface area contributed by atoms with Crippen LogP contribution in [0.2, 0.25) is 0 Å². The first kappa shape index (κ1) is 22.7. The lowest BCUT2D eigenvalue weighted by Crippen LogP contribution is -2.19. The lowest BCUT2D eigenvalue weighted by atomic mass is 9.87. The number of hydrogen-bond acceptors (Lipinski definition) is 6. The average molecular weight is 488 g/mol. The van der Waals surface area contributed by atoms with E-state index in [0.29, 0.717) is 23.7 Å². The van der Waals surface area contributed by atoms with Gasteiger partial charge in [-0.25, -0.2) is 9.37 Å². The number of hydrogen-bond donors (Lipinski definition) is 1. The number of pyridine rings is 1. The molecule has 8 nitrogen and oxygen atoms in total. The van der Waals surface area contributed by atoms with Gasteiger partial charge >= 0.3 is 0 Å². The molecule has 4 heterocycles. The Hall–Kier alpha value is -3.72. The fourth-order valence-corrected chi connectivity index (χ4v) is 5.80. The van der Waals surface area contributed by atoms with E-state index in [0.717, 1.165) is 40.2 Å². The molecule has 0 unspecified atom stereocenters. The van der Waals surface area contributed by atoms with Gasteiger partial charge in [-0.05, 0) is 58.6 Å². The van der Waals surface area contributed by atoms with Crippen LogP contribution in [-0.2, 0) is 13.6 Å². The maximum Gasteiger partial charge on any atom is 0.166 e. The van der Waals surface area contributed by atoms with Crippen molar-refractivity contribution in [3.8, 4) is 28.3 Å². The molecule has 36 heavy (non-hydrogen) atoms. The number of benzene rings is 1. The van der Waals surface area contributed by atoms with Gasteiger partial charge in [0.05, 0.1) is 23.1 Å². The third-order valence-corrected chi connectivity index (χ3v) is 7.46. The van der Waals surface area contributed by atoms with Crippen LogP contribution in [0.4, 0.5) is 10.2 Å². The van der Waals surface area contributed by atoms with Crippen molar-refractivity contribution in [1.82, 2.24) is 29.4 Å². The number of halogens is 1. The average Bonchev–Trinajstić information content (AvgIpc) is 3.51. The third kappa shape index (κ3) is 3.33. The molecule has 3 atom stereocenters. The van der Waals surface area contributed by atoms with Gasteiger partial charge in [-0.1, -0.05) is 0 Å². The van der Waals surface area contributed by atoms with Crippen LogP contribution >= 0.6 is 0 Å². The zero-order valence-corrected chi connectivity index (χ0v) is 21.2. The maximum atomic E-state index is 14.5. The Balaban J connectivity index is 1.72. The molecule has 4 aromatic rings. The summed E-state index contributed by atoms with van der Waals surface area (Å²) in [5, 5.41) is 9.97. The number of aryl methyl sites for hydroxylation is 2. The summed E-state index contributed by atoms with van der Waals surface area (Å²) >= 11 is 0. The van der Waals surface area contributed by atoms with Crippen LogP contribution in [0.15, 0.2) is 36.7 Å². The number of nitrogens with zero attached hydrogens (tertiary/aromatic N) is 6. The zero-order valence-electron chi connectivity index (χ0n) is 21.2. The SMILES string of the molecule is CCn1nc2c3c1-c1cnc(N)c(c1)O[C@H](C)c1cc(F)ccc1-c1nn(C)cc1[C@H]3C[C@@H]2N(C)C. The van der Waals surface area contributed by atoms with E-state index in [1.165, 1.54) is 17.7 Å². The Morgan fingerprint density at radius 3 is 2.75 bits per heavy atom. The van der Waals surface area contributed by atoms with Gasteiger partial charge in [-0.15, -0.1) is 0 Å². The van der Waals surface area contributed by atoms with Crippen molar-refractivity contribution in [2.75, 3.05) is 19.8 Å². The number of aromatic nitrogens is 5. The maximum absolute atomic E-state index is 14.5. The normalized spacial score (nSPS) is 20.2. The second kappa shape index (κ2) is 8.16. The van der Waals surface area contributed by atoms with Crippen molar-refractivity contribution in [3.05, 3.63) is 64.9 Å². The topological polar surface area (TPSA) is 87.0 Å². The van der Waals surface area contributed by atoms with E-state index in [1.807, 2.05) is 24.7 Å². The Kier molecular flexibility index (Phi) is 5.15. The van der Waals surface area contributed by atoms with E-state index in [-0.39, 0.29) is 17.8 Å². The van der Waals surface area contributed by atoms with Crippen LogP contribution in [0.1, 0.15) is 60.7 Å². The number of ether oxygens (including phenoxy) is 1. The number of fused-ring (bicyclic) bond motifs is 7. The standard InChI is InChI=1S/C27H30FN7O/c1-6-35-26-15-9-22(27(29)30-12-15)36-14(2)18-10-16(28)7-8-17(18)24-20(13-34(5)31-24)19-11-21(33(3)4)25(32-35)23(19)26/h7-10,12-14,19,21H,6,11H2,1-5H3,(H2,29,30)/t14-,19-,21+/m1/s1. The summed E-state index contributed by atoms with van der Waals surface area (Å²) in [7, 11) is 6.12. The molecule has 186 valence electrons. The van der Waals surface area contributed by atoms with E-state index >= 15 is 0 Å². The van der Waals surface area contributed by atoms with E-state index in [2.05, 4.69) is 41.8 Å². The molecule has 1 aliphatic heterocycles. The molecule has 0 saturated heterocycles. The summed E-state index contributed by atoms with van der Waals surface area (Å²) in [4.78, 5) is 6.71. The minimum atomic E-state index is -0.478. The summed E-state index contributed by atoms with van der Waals surface area (Å²) in [6, 6.07) is 6.90. The molecule has 0 radical (unpaired) electrons. The van der Waals surface area contributed by atoms with Gasteiger partial charge < -0.3 is 15.4 Å². The van der Waals surface area contributed by atoms with E-state index in [4.69, 9.17) is 20.7 Å². The van der Waals surface area contributed by atoms with Gasteiger partial charge in [0.2, 0.25) is 0 Å². The number of rotatable bonds is 2. The van der Waals surface area contributed by atoms with Crippen molar-refractivity contribution in [2.45, 2.75) is 44.9 Å². The fraction of sp³-hybridized carbons (Fsp3) is 0.370. The summed E-state index contributed by atoms with van der Waals surface area (Å²) in [6.07, 6.45) is 4.28. The van der Waals surface area contributed by atoms with Crippen molar-refractivity contribution in [2.24, 2.45) is 7.05 Å². The molecule has 6 rings (SSSR count). The number of anilines is 1. The molecule has 2 bridgehead atoms. The molecule has 2 aliphatic rings. The Morgan fingerprint density at radius 2 is 2.00 bits per heavy atom.